The van der Waals surface area contributed by atoms with Crippen molar-refractivity contribution in [1.82, 2.24) is 9.21 Å². The SMILES string of the molecule is CCS(=O)(=O)N1CC[C@@](O)(CN(C)Cc2ccc(OC)cc2)C1. The second-order valence-corrected chi connectivity index (χ2v) is 8.49. The Morgan fingerprint density at radius 2 is 2.00 bits per heavy atom. The Bertz CT molecular complexity index is 617. The summed E-state index contributed by atoms with van der Waals surface area (Å²) in [6, 6.07) is 7.79. The standard InChI is InChI=1S/C16H26N2O4S/c1-4-23(20,21)18-10-9-16(19,13-18)12-17(2)11-14-5-7-15(22-3)8-6-14/h5-8,19H,4,9-13H2,1-3H3/t16-/m1/s1. The minimum absolute atomic E-state index is 0.0742. The molecule has 0 aliphatic carbocycles. The number of β-amino-alcohol motifs (C(OH)–C–C–N with tert-alkyl or cyclic N) is 1. The molecule has 1 aromatic rings. The Hall–Kier alpha value is -1.15. The first-order chi connectivity index (χ1) is 10.8. The molecule has 1 N–H and O–H groups in total. The van der Waals surface area contributed by atoms with Crippen LogP contribution in [0.4, 0.5) is 0 Å². The maximum absolute atomic E-state index is 11.9. The lowest BCUT2D eigenvalue weighted by Crippen LogP contribution is -2.44. The Kier molecular flexibility index (Phi) is 5.67. The molecule has 0 spiro atoms. The van der Waals surface area contributed by atoms with Crippen molar-refractivity contribution in [2.75, 3.05) is 39.5 Å². The lowest BCUT2D eigenvalue weighted by Gasteiger charge is -2.29. The highest BCUT2D eigenvalue weighted by atomic mass is 32.2. The van der Waals surface area contributed by atoms with Crippen molar-refractivity contribution in [2.45, 2.75) is 25.5 Å². The second-order valence-electron chi connectivity index (χ2n) is 6.23. The highest BCUT2D eigenvalue weighted by molar-refractivity contribution is 7.89. The van der Waals surface area contributed by atoms with Gasteiger partial charge >= 0.3 is 0 Å². The predicted molar refractivity (Wildman–Crippen MR) is 89.9 cm³/mol. The van der Waals surface area contributed by atoms with Gasteiger partial charge in [0.25, 0.3) is 0 Å². The third-order valence-corrected chi connectivity index (χ3v) is 6.06. The van der Waals surface area contributed by atoms with Gasteiger partial charge in [-0.25, -0.2) is 8.42 Å². The van der Waals surface area contributed by atoms with Crippen LogP contribution < -0.4 is 4.74 Å². The number of aliphatic hydroxyl groups is 1. The van der Waals surface area contributed by atoms with Crippen molar-refractivity contribution in [1.29, 1.82) is 0 Å². The van der Waals surface area contributed by atoms with E-state index in [0.29, 0.717) is 26.1 Å². The van der Waals surface area contributed by atoms with Gasteiger partial charge in [0.15, 0.2) is 0 Å². The Morgan fingerprint density at radius 3 is 2.57 bits per heavy atom. The number of nitrogens with zero attached hydrogens (tertiary/aromatic N) is 2. The van der Waals surface area contributed by atoms with Crippen LogP contribution in [0.25, 0.3) is 0 Å². The highest BCUT2D eigenvalue weighted by Gasteiger charge is 2.41. The zero-order chi connectivity index (χ0) is 17.1. The maximum atomic E-state index is 11.9. The molecule has 1 saturated heterocycles. The Labute approximate surface area is 138 Å². The summed E-state index contributed by atoms with van der Waals surface area (Å²) in [5.74, 6) is 0.886. The van der Waals surface area contributed by atoms with Crippen LogP contribution in [-0.4, -0.2) is 67.9 Å². The smallest absolute Gasteiger partial charge is 0.213 e. The van der Waals surface area contributed by atoms with E-state index in [1.54, 1.807) is 14.0 Å². The molecule has 130 valence electrons. The number of rotatable bonds is 7. The van der Waals surface area contributed by atoms with Crippen molar-refractivity contribution in [3.8, 4) is 5.75 Å². The molecule has 2 rings (SSSR count). The van der Waals surface area contributed by atoms with Crippen molar-refractivity contribution in [3.05, 3.63) is 29.8 Å². The molecule has 1 aromatic carbocycles. The van der Waals surface area contributed by atoms with E-state index in [1.165, 1.54) is 4.31 Å². The van der Waals surface area contributed by atoms with Gasteiger partial charge in [-0.2, -0.15) is 4.31 Å². The van der Waals surface area contributed by atoms with Crippen molar-refractivity contribution in [3.63, 3.8) is 0 Å². The van der Waals surface area contributed by atoms with Crippen LogP contribution in [0.1, 0.15) is 18.9 Å². The van der Waals surface area contributed by atoms with Crippen LogP contribution in [0.2, 0.25) is 0 Å². The van der Waals surface area contributed by atoms with E-state index in [-0.39, 0.29) is 12.3 Å². The topological polar surface area (TPSA) is 70.1 Å². The minimum atomic E-state index is -3.23. The number of hydrogen-bond acceptors (Lipinski definition) is 5. The molecule has 7 heteroatoms. The normalized spacial score (nSPS) is 22.7. The summed E-state index contributed by atoms with van der Waals surface area (Å²) in [6.45, 7) is 3.32. The third kappa shape index (κ3) is 4.67. The van der Waals surface area contributed by atoms with Crippen LogP contribution >= 0.6 is 0 Å². The monoisotopic (exact) mass is 342 g/mol. The molecule has 1 heterocycles. The molecule has 1 aliphatic heterocycles. The third-order valence-electron chi connectivity index (χ3n) is 4.23. The minimum Gasteiger partial charge on any atom is -0.497 e. The zero-order valence-electron chi connectivity index (χ0n) is 14.0. The number of likely N-dealkylation sites (N-methyl/N-ethyl adjacent to an activating group) is 1. The first-order valence-corrected chi connectivity index (χ1v) is 9.40. The van der Waals surface area contributed by atoms with Crippen molar-refractivity contribution >= 4 is 10.0 Å². The number of benzene rings is 1. The summed E-state index contributed by atoms with van der Waals surface area (Å²) in [7, 11) is 0.331. The average molecular weight is 342 g/mol. The van der Waals surface area contributed by atoms with Gasteiger partial charge in [-0.3, -0.25) is 4.90 Å². The second kappa shape index (κ2) is 7.17. The van der Waals surface area contributed by atoms with E-state index in [1.807, 2.05) is 36.2 Å². The van der Waals surface area contributed by atoms with Gasteiger partial charge in [0, 0.05) is 26.2 Å². The summed E-state index contributed by atoms with van der Waals surface area (Å²) >= 11 is 0. The van der Waals surface area contributed by atoms with E-state index in [9.17, 15) is 13.5 Å². The quantitative estimate of drug-likeness (QED) is 0.798. The van der Waals surface area contributed by atoms with Crippen molar-refractivity contribution in [2.24, 2.45) is 0 Å². The summed E-state index contributed by atoms with van der Waals surface area (Å²) in [5.41, 5.74) is 0.136. The molecular formula is C16H26N2O4S. The molecule has 1 fully saturated rings. The van der Waals surface area contributed by atoms with Gasteiger partial charge in [-0.15, -0.1) is 0 Å². The maximum Gasteiger partial charge on any atom is 0.213 e. The summed E-state index contributed by atoms with van der Waals surface area (Å²) in [4.78, 5) is 2.02. The fourth-order valence-electron chi connectivity index (χ4n) is 2.97. The van der Waals surface area contributed by atoms with Gasteiger partial charge in [0.1, 0.15) is 5.75 Å². The van der Waals surface area contributed by atoms with E-state index in [2.05, 4.69) is 0 Å². The van der Waals surface area contributed by atoms with Crippen LogP contribution in [0.3, 0.4) is 0 Å². The molecular weight excluding hydrogens is 316 g/mol. The summed E-state index contributed by atoms with van der Waals surface area (Å²) in [5, 5.41) is 10.7. The molecule has 1 aliphatic rings. The fraction of sp³-hybridized carbons (Fsp3) is 0.625. The predicted octanol–water partition coefficient (Wildman–Crippen LogP) is 0.914. The Balaban J connectivity index is 1.93. The van der Waals surface area contributed by atoms with Gasteiger partial charge in [-0.05, 0) is 38.1 Å². The molecule has 0 aromatic heterocycles. The lowest BCUT2D eigenvalue weighted by molar-refractivity contribution is 0.0219. The van der Waals surface area contributed by atoms with E-state index in [0.717, 1.165) is 11.3 Å². The largest absolute Gasteiger partial charge is 0.497 e. The fourth-order valence-corrected chi connectivity index (χ4v) is 4.14. The van der Waals surface area contributed by atoms with Gasteiger partial charge < -0.3 is 9.84 Å². The van der Waals surface area contributed by atoms with E-state index < -0.39 is 15.6 Å². The molecule has 0 unspecified atom stereocenters. The van der Waals surface area contributed by atoms with E-state index in [4.69, 9.17) is 4.74 Å². The van der Waals surface area contributed by atoms with Gasteiger partial charge in [0.2, 0.25) is 10.0 Å². The summed E-state index contributed by atoms with van der Waals surface area (Å²) in [6.07, 6.45) is 0.471. The highest BCUT2D eigenvalue weighted by Crippen LogP contribution is 2.25. The summed E-state index contributed by atoms with van der Waals surface area (Å²) < 4.78 is 30.4. The molecule has 1 atom stereocenters. The van der Waals surface area contributed by atoms with Gasteiger partial charge in [0.05, 0.1) is 18.5 Å². The number of sulfonamides is 1. The van der Waals surface area contributed by atoms with Crippen LogP contribution in [0.15, 0.2) is 24.3 Å². The number of methoxy groups -OCH3 is 1. The van der Waals surface area contributed by atoms with Crippen LogP contribution in [-0.2, 0) is 16.6 Å². The lowest BCUT2D eigenvalue weighted by atomic mass is 10.0. The molecule has 23 heavy (non-hydrogen) atoms. The molecule has 0 saturated carbocycles. The van der Waals surface area contributed by atoms with E-state index >= 15 is 0 Å². The molecule has 0 amide bonds. The molecule has 0 radical (unpaired) electrons. The Morgan fingerprint density at radius 1 is 1.35 bits per heavy atom. The number of hydrogen-bond donors (Lipinski definition) is 1. The molecule has 6 nitrogen and oxygen atoms in total. The van der Waals surface area contributed by atoms with Gasteiger partial charge in [-0.1, -0.05) is 12.1 Å². The first kappa shape index (κ1) is 18.2. The zero-order valence-corrected chi connectivity index (χ0v) is 14.8. The number of ether oxygens (including phenoxy) is 1. The average Bonchev–Trinajstić information content (AvgIpc) is 2.90. The van der Waals surface area contributed by atoms with Crippen LogP contribution in [0, 0.1) is 0 Å². The van der Waals surface area contributed by atoms with Crippen molar-refractivity contribution < 1.29 is 18.3 Å². The van der Waals surface area contributed by atoms with Crippen LogP contribution in [0.5, 0.6) is 5.75 Å². The molecule has 0 bridgehead atoms. The first-order valence-electron chi connectivity index (χ1n) is 7.80.